The minimum Gasteiger partial charge on any atom is -0.436 e. The van der Waals surface area contributed by atoms with E-state index < -0.39 is 11.9 Å². The lowest BCUT2D eigenvalue weighted by Gasteiger charge is -2.11. The number of nitrogens with zero attached hydrogens (tertiary/aromatic N) is 2. The van der Waals surface area contributed by atoms with Crippen LogP contribution in [0.5, 0.6) is 11.5 Å². The second-order valence-corrected chi connectivity index (χ2v) is 9.35. The molecule has 5 aromatic carbocycles. The molecule has 8 nitrogen and oxygen atoms in total. The van der Waals surface area contributed by atoms with Crippen LogP contribution >= 0.6 is 0 Å². The van der Waals surface area contributed by atoms with E-state index in [1.165, 1.54) is 0 Å². The molecule has 2 aromatic heterocycles. The molecular weight excluding hydrogens is 532 g/mol. The van der Waals surface area contributed by atoms with Gasteiger partial charge in [0.15, 0.2) is 22.7 Å². The Balaban J connectivity index is 1.04. The number of benzene rings is 5. The first-order valence-electron chi connectivity index (χ1n) is 13.1. The van der Waals surface area contributed by atoms with Gasteiger partial charge in [-0.05, 0) is 84.9 Å². The van der Waals surface area contributed by atoms with Gasteiger partial charge in [0.1, 0.15) is 11.0 Å². The molecule has 0 unspecified atom stereocenters. The first-order valence-corrected chi connectivity index (χ1v) is 13.1. The standard InChI is InChI=1S/C34H20N2O6/c37-33(23-17-13-21(14-18-23)31-35-25-7-1-3-9-27(25)39-31)41-29-11-5-6-12-30(29)42-34(38)24-19-15-22(16-20-24)32-36-26-8-2-4-10-28(26)40-32/h1-20H. The summed E-state index contributed by atoms with van der Waals surface area (Å²) in [5, 5.41) is 0. The van der Waals surface area contributed by atoms with Gasteiger partial charge in [-0.2, -0.15) is 0 Å². The fraction of sp³-hybridized carbons (Fsp3) is 0. The monoisotopic (exact) mass is 552 g/mol. The third-order valence-corrected chi connectivity index (χ3v) is 6.58. The van der Waals surface area contributed by atoms with Crippen molar-refractivity contribution in [3.63, 3.8) is 0 Å². The number of carbonyl (C=O) groups excluding carboxylic acids is 2. The maximum Gasteiger partial charge on any atom is 0.343 e. The zero-order valence-corrected chi connectivity index (χ0v) is 21.9. The van der Waals surface area contributed by atoms with Crippen LogP contribution in [0.25, 0.3) is 45.1 Å². The van der Waals surface area contributed by atoms with Crippen LogP contribution in [0, 0.1) is 0 Å². The van der Waals surface area contributed by atoms with E-state index in [0.717, 1.165) is 22.2 Å². The zero-order valence-electron chi connectivity index (χ0n) is 21.9. The second-order valence-electron chi connectivity index (χ2n) is 9.35. The molecule has 202 valence electrons. The van der Waals surface area contributed by atoms with E-state index in [-0.39, 0.29) is 11.5 Å². The van der Waals surface area contributed by atoms with Crippen molar-refractivity contribution < 1.29 is 27.9 Å². The van der Waals surface area contributed by atoms with Crippen molar-refractivity contribution in [1.82, 2.24) is 9.97 Å². The normalized spacial score (nSPS) is 11.0. The molecule has 0 fully saturated rings. The molecule has 8 heteroatoms. The fourth-order valence-corrected chi connectivity index (χ4v) is 4.43. The number of carbonyl (C=O) groups is 2. The first kappa shape index (κ1) is 25.0. The highest BCUT2D eigenvalue weighted by Crippen LogP contribution is 2.30. The molecule has 0 aliphatic heterocycles. The summed E-state index contributed by atoms with van der Waals surface area (Å²) in [7, 11) is 0. The summed E-state index contributed by atoms with van der Waals surface area (Å²) in [6, 6.07) is 34.9. The Bertz CT molecular complexity index is 1860. The molecule has 0 N–H and O–H groups in total. The minimum absolute atomic E-state index is 0.113. The zero-order chi connectivity index (χ0) is 28.5. The quantitative estimate of drug-likeness (QED) is 0.152. The summed E-state index contributed by atoms with van der Waals surface area (Å²) in [6.07, 6.45) is 0. The highest BCUT2D eigenvalue weighted by atomic mass is 16.6. The van der Waals surface area contributed by atoms with Crippen molar-refractivity contribution in [2.45, 2.75) is 0 Å². The van der Waals surface area contributed by atoms with E-state index in [9.17, 15) is 9.59 Å². The van der Waals surface area contributed by atoms with Crippen LogP contribution < -0.4 is 9.47 Å². The number of esters is 2. The third-order valence-electron chi connectivity index (χ3n) is 6.58. The lowest BCUT2D eigenvalue weighted by atomic mass is 10.1. The van der Waals surface area contributed by atoms with Crippen LogP contribution in [0.4, 0.5) is 0 Å². The van der Waals surface area contributed by atoms with E-state index in [2.05, 4.69) is 9.97 Å². The van der Waals surface area contributed by atoms with Gasteiger partial charge in [-0.1, -0.05) is 36.4 Å². The highest BCUT2D eigenvalue weighted by molar-refractivity contribution is 5.94. The average molecular weight is 553 g/mol. The maximum absolute atomic E-state index is 12.9. The van der Waals surface area contributed by atoms with Crippen LogP contribution in [0.1, 0.15) is 20.7 Å². The molecule has 0 spiro atoms. The lowest BCUT2D eigenvalue weighted by molar-refractivity contribution is 0.0682. The van der Waals surface area contributed by atoms with E-state index in [0.29, 0.717) is 34.1 Å². The van der Waals surface area contributed by atoms with Gasteiger partial charge in [-0.25, -0.2) is 19.6 Å². The Morgan fingerprint density at radius 2 is 0.857 bits per heavy atom. The first-order chi connectivity index (χ1) is 20.6. The molecule has 0 saturated heterocycles. The average Bonchev–Trinajstić information content (AvgIpc) is 3.67. The van der Waals surface area contributed by atoms with E-state index >= 15 is 0 Å². The topological polar surface area (TPSA) is 105 Å². The molecule has 2 heterocycles. The Morgan fingerprint density at radius 3 is 1.26 bits per heavy atom. The van der Waals surface area contributed by atoms with Crippen LogP contribution in [0.2, 0.25) is 0 Å². The number of aromatic nitrogens is 2. The largest absolute Gasteiger partial charge is 0.436 e. The van der Waals surface area contributed by atoms with Gasteiger partial charge in [0, 0.05) is 11.1 Å². The smallest absolute Gasteiger partial charge is 0.343 e. The van der Waals surface area contributed by atoms with Gasteiger partial charge in [-0.3, -0.25) is 0 Å². The molecule has 0 radical (unpaired) electrons. The molecule has 42 heavy (non-hydrogen) atoms. The minimum atomic E-state index is -0.606. The van der Waals surface area contributed by atoms with Crippen LogP contribution in [-0.4, -0.2) is 21.9 Å². The van der Waals surface area contributed by atoms with Gasteiger partial charge < -0.3 is 18.3 Å². The van der Waals surface area contributed by atoms with Crippen LogP contribution in [-0.2, 0) is 0 Å². The highest BCUT2D eigenvalue weighted by Gasteiger charge is 2.17. The number of oxazole rings is 2. The third kappa shape index (κ3) is 4.89. The van der Waals surface area contributed by atoms with Crippen molar-refractivity contribution in [3.05, 3.63) is 132 Å². The summed E-state index contributed by atoms with van der Waals surface area (Å²) < 4.78 is 22.8. The van der Waals surface area contributed by atoms with Crippen molar-refractivity contribution in [2.75, 3.05) is 0 Å². The molecule has 0 atom stereocenters. The number of fused-ring (bicyclic) bond motifs is 2. The Morgan fingerprint density at radius 1 is 0.476 bits per heavy atom. The maximum atomic E-state index is 12.9. The Labute approximate surface area is 238 Å². The fourth-order valence-electron chi connectivity index (χ4n) is 4.43. The van der Waals surface area contributed by atoms with Crippen molar-refractivity contribution >= 4 is 34.1 Å². The SMILES string of the molecule is O=C(Oc1ccccc1OC(=O)c1ccc(-c2nc3ccccc3o2)cc1)c1ccc(-c2nc3ccccc3o2)cc1. The molecular formula is C34H20N2O6. The summed E-state index contributed by atoms with van der Waals surface area (Å²) in [5.74, 6) is -0.0786. The number of ether oxygens (including phenoxy) is 2. The number of para-hydroxylation sites is 6. The second kappa shape index (κ2) is 10.5. The van der Waals surface area contributed by atoms with Gasteiger partial charge in [0.05, 0.1) is 11.1 Å². The Hall–Kier alpha value is -6.02. The predicted molar refractivity (Wildman–Crippen MR) is 155 cm³/mol. The number of hydrogen-bond acceptors (Lipinski definition) is 8. The summed E-state index contributed by atoms with van der Waals surface area (Å²) in [4.78, 5) is 34.8. The van der Waals surface area contributed by atoms with Crippen molar-refractivity contribution in [1.29, 1.82) is 0 Å². The molecule has 7 aromatic rings. The van der Waals surface area contributed by atoms with Gasteiger partial charge in [-0.15, -0.1) is 0 Å². The van der Waals surface area contributed by atoms with Crippen molar-refractivity contribution in [2.24, 2.45) is 0 Å². The summed E-state index contributed by atoms with van der Waals surface area (Å²) in [6.45, 7) is 0. The Kier molecular flexibility index (Phi) is 6.25. The summed E-state index contributed by atoms with van der Waals surface area (Å²) in [5.41, 5.74) is 4.93. The molecule has 0 aliphatic rings. The number of rotatable bonds is 6. The van der Waals surface area contributed by atoms with E-state index in [4.69, 9.17) is 18.3 Å². The van der Waals surface area contributed by atoms with Gasteiger partial charge in [0.2, 0.25) is 11.8 Å². The molecule has 0 aliphatic carbocycles. The molecule has 0 amide bonds. The summed E-state index contributed by atoms with van der Waals surface area (Å²) >= 11 is 0. The molecule has 0 bridgehead atoms. The van der Waals surface area contributed by atoms with Crippen LogP contribution in [0.15, 0.2) is 130 Å². The molecule has 0 saturated carbocycles. The van der Waals surface area contributed by atoms with Gasteiger partial charge in [0.25, 0.3) is 0 Å². The van der Waals surface area contributed by atoms with Crippen LogP contribution in [0.3, 0.4) is 0 Å². The predicted octanol–water partition coefficient (Wildman–Crippen LogP) is 7.74. The van der Waals surface area contributed by atoms with E-state index in [1.807, 2.05) is 48.5 Å². The molecule has 7 rings (SSSR count). The lowest BCUT2D eigenvalue weighted by Crippen LogP contribution is -2.12. The van der Waals surface area contributed by atoms with Gasteiger partial charge >= 0.3 is 11.9 Å². The van der Waals surface area contributed by atoms with Crippen molar-refractivity contribution in [3.8, 4) is 34.4 Å². The van der Waals surface area contributed by atoms with E-state index in [1.54, 1.807) is 72.8 Å². The number of hydrogen-bond donors (Lipinski definition) is 0.